The Labute approximate surface area is 124 Å². The molecule has 8 heteroatoms. The number of nitrogens with one attached hydrogen (secondary N) is 1. The molecule has 0 amide bonds. The summed E-state index contributed by atoms with van der Waals surface area (Å²) in [4.78, 5) is 17.6. The molecule has 1 N–H and O–H groups in total. The van der Waals surface area contributed by atoms with Crippen LogP contribution < -0.4 is 15.1 Å². The molecule has 0 spiro atoms. The second-order valence-corrected chi connectivity index (χ2v) is 5.51. The molecule has 0 bridgehead atoms. The Hall–Kier alpha value is -1.28. The average molecular weight is 298 g/mol. The topological polar surface area (TPSA) is 66.4 Å². The fraction of sp³-hybridized carbons (Fsp3) is 0.750. The zero-order valence-corrected chi connectivity index (χ0v) is 13.1. The van der Waals surface area contributed by atoms with Crippen LogP contribution in [-0.2, 0) is 4.74 Å². The van der Waals surface area contributed by atoms with E-state index in [1.165, 1.54) is 0 Å². The van der Waals surface area contributed by atoms with Crippen LogP contribution in [0.3, 0.4) is 0 Å². The fourth-order valence-electron chi connectivity index (χ4n) is 1.87. The highest BCUT2D eigenvalue weighted by Crippen LogP contribution is 2.16. The Morgan fingerprint density at radius 2 is 2.05 bits per heavy atom. The van der Waals surface area contributed by atoms with Gasteiger partial charge in [0, 0.05) is 39.5 Å². The van der Waals surface area contributed by atoms with Crippen molar-refractivity contribution in [2.75, 3.05) is 74.1 Å². The van der Waals surface area contributed by atoms with Crippen molar-refractivity contribution in [3.8, 4) is 0 Å². The first-order chi connectivity index (χ1) is 9.74. The summed E-state index contributed by atoms with van der Waals surface area (Å²) in [6.45, 7) is 4.00. The molecule has 2 heterocycles. The van der Waals surface area contributed by atoms with Crippen molar-refractivity contribution in [2.45, 2.75) is 0 Å². The number of nitrogens with zero attached hydrogens (tertiary/aromatic N) is 5. The predicted molar refractivity (Wildman–Crippen MR) is 84.1 cm³/mol. The highest BCUT2D eigenvalue weighted by molar-refractivity contribution is 7.98. The van der Waals surface area contributed by atoms with Gasteiger partial charge in [0.25, 0.3) is 0 Å². The molecule has 1 aromatic heterocycles. The molecule has 20 heavy (non-hydrogen) atoms. The van der Waals surface area contributed by atoms with Crippen LogP contribution in [0.1, 0.15) is 0 Å². The maximum atomic E-state index is 5.37. The number of hydrogen-bond acceptors (Lipinski definition) is 8. The van der Waals surface area contributed by atoms with Gasteiger partial charge in [-0.15, -0.1) is 0 Å². The van der Waals surface area contributed by atoms with E-state index in [4.69, 9.17) is 4.74 Å². The number of hydrogen-bond donors (Lipinski definition) is 1. The first-order valence-electron chi connectivity index (χ1n) is 6.71. The summed E-state index contributed by atoms with van der Waals surface area (Å²) in [6, 6.07) is 0. The maximum Gasteiger partial charge on any atom is 0.232 e. The maximum absolute atomic E-state index is 5.37. The van der Waals surface area contributed by atoms with Gasteiger partial charge in [-0.1, -0.05) is 0 Å². The highest BCUT2D eigenvalue weighted by Gasteiger charge is 2.17. The van der Waals surface area contributed by atoms with Crippen molar-refractivity contribution >= 4 is 29.6 Å². The lowest BCUT2D eigenvalue weighted by molar-refractivity contribution is 0.122. The molecule has 112 valence electrons. The van der Waals surface area contributed by atoms with E-state index in [1.54, 1.807) is 0 Å². The number of ether oxygens (including phenoxy) is 1. The number of anilines is 3. The van der Waals surface area contributed by atoms with E-state index >= 15 is 0 Å². The molecule has 0 aromatic carbocycles. The molecule has 1 aromatic rings. The molecule has 1 fully saturated rings. The van der Waals surface area contributed by atoms with Crippen molar-refractivity contribution in [1.29, 1.82) is 0 Å². The minimum Gasteiger partial charge on any atom is -0.378 e. The van der Waals surface area contributed by atoms with Gasteiger partial charge < -0.3 is 19.9 Å². The monoisotopic (exact) mass is 298 g/mol. The standard InChI is InChI=1S/C12H22N6OS/c1-13-10-14-11(17(2)6-9-20-3)16-12(15-10)18-4-7-19-8-5-18/h4-9H2,1-3H3,(H,13,14,15,16). The largest absolute Gasteiger partial charge is 0.378 e. The van der Waals surface area contributed by atoms with Crippen molar-refractivity contribution in [3.05, 3.63) is 0 Å². The second kappa shape index (κ2) is 7.49. The quantitative estimate of drug-likeness (QED) is 0.817. The average Bonchev–Trinajstić information content (AvgIpc) is 2.52. The lowest BCUT2D eigenvalue weighted by Crippen LogP contribution is -2.38. The first-order valence-corrected chi connectivity index (χ1v) is 8.10. The van der Waals surface area contributed by atoms with Crippen LogP contribution in [0.25, 0.3) is 0 Å². The molecule has 0 radical (unpaired) electrons. The number of thioether (sulfide) groups is 1. The number of aromatic nitrogens is 3. The summed E-state index contributed by atoms with van der Waals surface area (Å²) in [7, 11) is 3.83. The van der Waals surface area contributed by atoms with E-state index in [0.717, 1.165) is 44.5 Å². The van der Waals surface area contributed by atoms with Crippen molar-refractivity contribution in [3.63, 3.8) is 0 Å². The molecule has 7 nitrogen and oxygen atoms in total. The molecule has 0 unspecified atom stereocenters. The van der Waals surface area contributed by atoms with Crippen LogP contribution >= 0.6 is 11.8 Å². The summed E-state index contributed by atoms with van der Waals surface area (Å²) in [5.41, 5.74) is 0. The van der Waals surface area contributed by atoms with Crippen LogP contribution in [0.4, 0.5) is 17.8 Å². The molecule has 0 saturated carbocycles. The Balaban J connectivity index is 2.18. The van der Waals surface area contributed by atoms with Crippen LogP contribution in [0.2, 0.25) is 0 Å². The molecule has 0 aliphatic carbocycles. The van der Waals surface area contributed by atoms with Gasteiger partial charge >= 0.3 is 0 Å². The third-order valence-corrected chi connectivity index (χ3v) is 3.69. The Bertz CT molecular complexity index is 426. The molecule has 1 saturated heterocycles. The summed E-state index contributed by atoms with van der Waals surface area (Å²) in [5, 5.41) is 3.01. The summed E-state index contributed by atoms with van der Waals surface area (Å²) < 4.78 is 5.37. The fourth-order valence-corrected chi connectivity index (χ4v) is 2.33. The molecular weight excluding hydrogens is 276 g/mol. The van der Waals surface area contributed by atoms with Gasteiger partial charge in [0.05, 0.1) is 13.2 Å². The second-order valence-electron chi connectivity index (χ2n) is 4.52. The van der Waals surface area contributed by atoms with Crippen LogP contribution in [0.15, 0.2) is 0 Å². The van der Waals surface area contributed by atoms with Gasteiger partial charge in [-0.05, 0) is 6.26 Å². The molecule has 2 rings (SSSR count). The van der Waals surface area contributed by atoms with Gasteiger partial charge in [-0.2, -0.15) is 26.7 Å². The van der Waals surface area contributed by atoms with Crippen molar-refractivity contribution in [1.82, 2.24) is 15.0 Å². The Morgan fingerprint density at radius 3 is 2.70 bits per heavy atom. The SMILES string of the molecule is CNc1nc(N(C)CCSC)nc(N2CCOCC2)n1. The van der Waals surface area contributed by atoms with Crippen molar-refractivity contribution in [2.24, 2.45) is 0 Å². The zero-order chi connectivity index (χ0) is 14.4. The number of morpholine rings is 1. The summed E-state index contributed by atoms with van der Waals surface area (Å²) >= 11 is 1.81. The molecule has 0 atom stereocenters. The smallest absolute Gasteiger partial charge is 0.232 e. The van der Waals surface area contributed by atoms with E-state index in [1.807, 2.05) is 25.9 Å². The third kappa shape index (κ3) is 3.86. The Morgan fingerprint density at radius 1 is 1.30 bits per heavy atom. The Kier molecular flexibility index (Phi) is 5.66. The van der Waals surface area contributed by atoms with Crippen molar-refractivity contribution < 1.29 is 4.74 Å². The molecule has 1 aliphatic heterocycles. The lowest BCUT2D eigenvalue weighted by Gasteiger charge is -2.27. The predicted octanol–water partition coefficient (Wildman–Crippen LogP) is 0.549. The van der Waals surface area contributed by atoms with Crippen LogP contribution in [-0.4, -0.2) is 73.9 Å². The zero-order valence-electron chi connectivity index (χ0n) is 12.3. The third-order valence-electron chi connectivity index (χ3n) is 3.10. The van der Waals surface area contributed by atoms with E-state index in [-0.39, 0.29) is 0 Å². The minimum absolute atomic E-state index is 0.604. The van der Waals surface area contributed by atoms with Gasteiger partial charge in [-0.3, -0.25) is 0 Å². The summed E-state index contributed by atoms with van der Waals surface area (Å²) in [5.74, 6) is 3.08. The van der Waals surface area contributed by atoms with E-state index in [2.05, 4.69) is 36.3 Å². The molecular formula is C12H22N6OS. The first kappa shape index (κ1) is 15.1. The molecule has 1 aliphatic rings. The highest BCUT2D eigenvalue weighted by atomic mass is 32.2. The number of rotatable bonds is 6. The van der Waals surface area contributed by atoms with E-state index in [9.17, 15) is 0 Å². The normalized spacial score (nSPS) is 15.2. The van der Waals surface area contributed by atoms with Crippen LogP contribution in [0, 0.1) is 0 Å². The van der Waals surface area contributed by atoms with E-state index in [0.29, 0.717) is 11.9 Å². The van der Waals surface area contributed by atoms with Gasteiger partial charge in [0.15, 0.2) is 0 Å². The van der Waals surface area contributed by atoms with E-state index < -0.39 is 0 Å². The van der Waals surface area contributed by atoms with Crippen LogP contribution in [0.5, 0.6) is 0 Å². The minimum atomic E-state index is 0.604. The van der Waals surface area contributed by atoms with Gasteiger partial charge in [0.2, 0.25) is 17.8 Å². The summed E-state index contributed by atoms with van der Waals surface area (Å²) in [6.07, 6.45) is 2.10. The van der Waals surface area contributed by atoms with Gasteiger partial charge in [-0.25, -0.2) is 0 Å². The van der Waals surface area contributed by atoms with Gasteiger partial charge in [0.1, 0.15) is 0 Å². The lowest BCUT2D eigenvalue weighted by atomic mass is 10.4.